The largest absolute Gasteiger partial charge is 0.494 e. The summed E-state index contributed by atoms with van der Waals surface area (Å²) in [5.41, 5.74) is 2.08. The summed E-state index contributed by atoms with van der Waals surface area (Å²) >= 11 is 1.05. The van der Waals surface area contributed by atoms with Crippen molar-refractivity contribution in [1.82, 2.24) is 0 Å². The van der Waals surface area contributed by atoms with Crippen LogP contribution in [0.4, 0.5) is 10.7 Å². The molecular formula is C25H26N2O5S. The minimum Gasteiger partial charge on any atom is -0.494 e. The Balaban J connectivity index is 1.81. The summed E-state index contributed by atoms with van der Waals surface area (Å²) in [6.07, 6.45) is 0.108. The number of carbonyl (C=O) groups excluding carboxylic acids is 3. The number of rotatable bonds is 9. The third-order valence-corrected chi connectivity index (χ3v) is 5.92. The zero-order valence-corrected chi connectivity index (χ0v) is 19.6. The van der Waals surface area contributed by atoms with Gasteiger partial charge in [0.1, 0.15) is 10.8 Å². The lowest BCUT2D eigenvalue weighted by Crippen LogP contribution is -2.16. The van der Waals surface area contributed by atoms with Crippen molar-refractivity contribution >= 4 is 39.8 Å². The molecule has 33 heavy (non-hydrogen) atoms. The summed E-state index contributed by atoms with van der Waals surface area (Å²) in [6.45, 7) is 6.02. The number of thiophene rings is 1. The van der Waals surface area contributed by atoms with E-state index in [0.29, 0.717) is 27.7 Å². The molecule has 7 nitrogen and oxygen atoms in total. The Bertz CT molecular complexity index is 1120. The standard InChI is InChI=1S/C25H26N2O5S/c1-4-31-19-13-11-17(12-14-19)15-20(28)27-24-21(25(30)32-5-2)16(3)22(33-24)23(29)26-18-9-7-6-8-10-18/h6-14H,4-5,15H2,1-3H3,(H,26,29)(H,27,28). The first kappa shape index (κ1) is 24.0. The molecule has 3 aromatic rings. The van der Waals surface area contributed by atoms with Crippen molar-refractivity contribution in [2.75, 3.05) is 23.8 Å². The highest BCUT2D eigenvalue weighted by Gasteiger charge is 2.26. The molecule has 0 saturated carbocycles. The van der Waals surface area contributed by atoms with Gasteiger partial charge >= 0.3 is 5.97 Å². The van der Waals surface area contributed by atoms with Gasteiger partial charge in [0, 0.05) is 5.69 Å². The van der Waals surface area contributed by atoms with Gasteiger partial charge in [-0.25, -0.2) is 4.79 Å². The van der Waals surface area contributed by atoms with E-state index in [4.69, 9.17) is 9.47 Å². The van der Waals surface area contributed by atoms with Crippen molar-refractivity contribution in [3.8, 4) is 5.75 Å². The van der Waals surface area contributed by atoms with Gasteiger partial charge in [-0.2, -0.15) is 0 Å². The highest BCUT2D eigenvalue weighted by atomic mass is 32.1. The van der Waals surface area contributed by atoms with Crippen LogP contribution < -0.4 is 15.4 Å². The van der Waals surface area contributed by atoms with Gasteiger partial charge in [-0.15, -0.1) is 11.3 Å². The molecule has 0 fully saturated rings. The van der Waals surface area contributed by atoms with Crippen molar-refractivity contribution in [3.63, 3.8) is 0 Å². The molecule has 2 N–H and O–H groups in total. The SMILES string of the molecule is CCOC(=O)c1c(NC(=O)Cc2ccc(OCC)cc2)sc(C(=O)Nc2ccccc2)c1C. The van der Waals surface area contributed by atoms with Crippen molar-refractivity contribution in [2.24, 2.45) is 0 Å². The van der Waals surface area contributed by atoms with Crippen molar-refractivity contribution in [1.29, 1.82) is 0 Å². The summed E-state index contributed by atoms with van der Waals surface area (Å²) in [4.78, 5) is 38.5. The van der Waals surface area contributed by atoms with Crippen LogP contribution in [0.15, 0.2) is 54.6 Å². The predicted molar refractivity (Wildman–Crippen MR) is 129 cm³/mol. The lowest BCUT2D eigenvalue weighted by atomic mass is 10.1. The normalized spacial score (nSPS) is 10.4. The van der Waals surface area contributed by atoms with E-state index in [-0.39, 0.29) is 30.4 Å². The van der Waals surface area contributed by atoms with Crippen LogP contribution in [0.2, 0.25) is 0 Å². The van der Waals surface area contributed by atoms with Gasteiger partial charge in [0.05, 0.1) is 30.1 Å². The summed E-state index contributed by atoms with van der Waals surface area (Å²) in [6, 6.07) is 16.3. The Hall–Kier alpha value is -3.65. The summed E-state index contributed by atoms with van der Waals surface area (Å²) in [5, 5.41) is 5.89. The fraction of sp³-hybridized carbons (Fsp3) is 0.240. The number of benzene rings is 2. The molecule has 0 bridgehead atoms. The molecule has 8 heteroatoms. The maximum atomic E-state index is 12.9. The molecule has 0 atom stereocenters. The quantitative estimate of drug-likeness (QED) is 0.430. The van der Waals surface area contributed by atoms with Crippen LogP contribution in [0.1, 0.15) is 45.0 Å². The molecule has 0 aliphatic heterocycles. The van der Waals surface area contributed by atoms with E-state index in [1.54, 1.807) is 38.1 Å². The zero-order chi connectivity index (χ0) is 23.8. The number of anilines is 2. The molecule has 1 heterocycles. The van der Waals surface area contributed by atoms with Gasteiger partial charge in [0.15, 0.2) is 0 Å². The molecule has 3 rings (SSSR count). The summed E-state index contributed by atoms with van der Waals surface area (Å²) in [7, 11) is 0. The summed E-state index contributed by atoms with van der Waals surface area (Å²) in [5.74, 6) is -0.516. The maximum absolute atomic E-state index is 12.9. The highest BCUT2D eigenvalue weighted by Crippen LogP contribution is 2.34. The van der Waals surface area contributed by atoms with Crippen LogP contribution in [-0.2, 0) is 16.0 Å². The van der Waals surface area contributed by atoms with Crippen molar-refractivity contribution in [3.05, 3.63) is 76.2 Å². The molecule has 0 saturated heterocycles. The van der Waals surface area contributed by atoms with E-state index in [9.17, 15) is 14.4 Å². The first-order valence-electron chi connectivity index (χ1n) is 10.6. The van der Waals surface area contributed by atoms with Gasteiger partial charge in [0.25, 0.3) is 5.91 Å². The molecule has 1 aromatic heterocycles. The predicted octanol–water partition coefficient (Wildman–Crippen LogP) is 5.07. The third-order valence-electron chi connectivity index (χ3n) is 4.72. The second kappa shape index (κ2) is 11.3. The van der Waals surface area contributed by atoms with Gasteiger partial charge in [0.2, 0.25) is 5.91 Å². The van der Waals surface area contributed by atoms with E-state index in [0.717, 1.165) is 22.6 Å². The number of carbonyl (C=O) groups is 3. The minimum atomic E-state index is -0.582. The van der Waals surface area contributed by atoms with Gasteiger partial charge in [-0.05, 0) is 56.2 Å². The van der Waals surface area contributed by atoms with Crippen LogP contribution in [0.25, 0.3) is 0 Å². The molecule has 172 valence electrons. The van der Waals surface area contributed by atoms with Gasteiger partial charge in [-0.3, -0.25) is 9.59 Å². The lowest BCUT2D eigenvalue weighted by molar-refractivity contribution is -0.115. The number of ether oxygens (including phenoxy) is 2. The Morgan fingerprint density at radius 1 is 0.909 bits per heavy atom. The second-order valence-corrected chi connectivity index (χ2v) is 8.12. The van der Waals surface area contributed by atoms with Gasteiger partial charge < -0.3 is 20.1 Å². The van der Waals surface area contributed by atoms with E-state index < -0.39 is 5.97 Å². The molecule has 0 aliphatic carbocycles. The van der Waals surface area contributed by atoms with E-state index in [1.807, 2.05) is 37.3 Å². The average Bonchev–Trinajstić information content (AvgIpc) is 3.12. The van der Waals surface area contributed by atoms with Crippen molar-refractivity contribution < 1.29 is 23.9 Å². The molecule has 0 radical (unpaired) electrons. The Kier molecular flexibility index (Phi) is 8.21. The topological polar surface area (TPSA) is 93.7 Å². The fourth-order valence-electron chi connectivity index (χ4n) is 3.20. The van der Waals surface area contributed by atoms with Gasteiger partial charge in [-0.1, -0.05) is 30.3 Å². The molecule has 0 spiro atoms. The smallest absolute Gasteiger partial charge is 0.341 e. The monoisotopic (exact) mass is 466 g/mol. The number of nitrogens with one attached hydrogen (secondary N) is 2. The highest BCUT2D eigenvalue weighted by molar-refractivity contribution is 7.18. The average molecular weight is 467 g/mol. The number of amides is 2. The van der Waals surface area contributed by atoms with Crippen LogP contribution >= 0.6 is 11.3 Å². The van der Waals surface area contributed by atoms with Crippen LogP contribution in [0.3, 0.4) is 0 Å². The third kappa shape index (κ3) is 6.20. The Labute approximate surface area is 196 Å². The van der Waals surface area contributed by atoms with Crippen LogP contribution in [0, 0.1) is 6.92 Å². The first-order valence-corrected chi connectivity index (χ1v) is 11.4. The second-order valence-electron chi connectivity index (χ2n) is 7.10. The van der Waals surface area contributed by atoms with Crippen LogP contribution in [0.5, 0.6) is 5.75 Å². The number of hydrogen-bond donors (Lipinski definition) is 2. The molecule has 0 unspecified atom stereocenters. The fourth-order valence-corrected chi connectivity index (χ4v) is 4.31. The first-order chi connectivity index (χ1) is 15.9. The molecule has 2 amide bonds. The summed E-state index contributed by atoms with van der Waals surface area (Å²) < 4.78 is 10.6. The number of esters is 1. The Morgan fingerprint density at radius 2 is 1.61 bits per heavy atom. The van der Waals surface area contributed by atoms with E-state index in [2.05, 4.69) is 10.6 Å². The molecular weight excluding hydrogens is 440 g/mol. The number of para-hydroxylation sites is 1. The van der Waals surface area contributed by atoms with E-state index in [1.165, 1.54) is 0 Å². The molecule has 0 aliphatic rings. The molecule has 2 aromatic carbocycles. The van der Waals surface area contributed by atoms with E-state index >= 15 is 0 Å². The maximum Gasteiger partial charge on any atom is 0.341 e. The van der Waals surface area contributed by atoms with Crippen LogP contribution in [-0.4, -0.2) is 31.0 Å². The lowest BCUT2D eigenvalue weighted by Gasteiger charge is -2.08. The minimum absolute atomic E-state index is 0.108. The zero-order valence-electron chi connectivity index (χ0n) is 18.8. The van der Waals surface area contributed by atoms with Crippen molar-refractivity contribution in [2.45, 2.75) is 27.2 Å². The number of hydrogen-bond acceptors (Lipinski definition) is 6. The Morgan fingerprint density at radius 3 is 2.24 bits per heavy atom.